The van der Waals surface area contributed by atoms with Crippen LogP contribution < -0.4 is 4.74 Å². The second kappa shape index (κ2) is 10.1. The van der Waals surface area contributed by atoms with E-state index < -0.39 is 0 Å². The van der Waals surface area contributed by atoms with Gasteiger partial charge in [-0.1, -0.05) is 0 Å². The van der Waals surface area contributed by atoms with Gasteiger partial charge in [0.05, 0.1) is 22.8 Å². The highest BCUT2D eigenvalue weighted by Gasteiger charge is 2.18. The molecule has 0 atom stereocenters. The average Bonchev–Trinajstić information content (AvgIpc) is 3.71. The van der Waals surface area contributed by atoms with Crippen LogP contribution in [0.15, 0.2) is 61.2 Å². The van der Waals surface area contributed by atoms with Crippen LogP contribution in [0.25, 0.3) is 56.0 Å². The lowest BCUT2D eigenvalue weighted by molar-refractivity contribution is 0.237. The monoisotopic (exact) mass is 534 g/mol. The molecule has 1 aliphatic heterocycles. The molecule has 0 bridgehead atoms. The number of nitrogens with zero attached hydrogens (tertiary/aromatic N) is 6. The average molecular weight is 535 g/mol. The van der Waals surface area contributed by atoms with Crippen molar-refractivity contribution in [3.05, 3.63) is 72.6 Å². The maximum atomic E-state index is 14.2. The van der Waals surface area contributed by atoms with E-state index >= 15 is 0 Å². The Hall–Kier alpha value is -4.70. The highest BCUT2D eigenvalue weighted by Crippen LogP contribution is 2.32. The number of hydrogen-bond donors (Lipinski definition) is 2. The minimum Gasteiger partial charge on any atom is -0.491 e. The number of H-pyrrole nitrogens is 2. The minimum absolute atomic E-state index is 0.308. The predicted octanol–water partition coefficient (Wildman–Crippen LogP) is 5.55. The van der Waals surface area contributed by atoms with Crippen LogP contribution in [0.3, 0.4) is 0 Å². The molecule has 6 heterocycles. The Morgan fingerprint density at radius 3 is 2.70 bits per heavy atom. The third kappa shape index (κ3) is 4.66. The van der Waals surface area contributed by atoms with Crippen molar-refractivity contribution >= 4 is 22.1 Å². The molecule has 1 saturated heterocycles. The second-order valence-corrected chi connectivity index (χ2v) is 10.2. The van der Waals surface area contributed by atoms with Gasteiger partial charge in [-0.25, -0.2) is 14.4 Å². The molecular formula is C30H27FN8O. The summed E-state index contributed by atoms with van der Waals surface area (Å²) in [5.41, 5.74) is 6.59. The molecule has 7 rings (SSSR count). The summed E-state index contributed by atoms with van der Waals surface area (Å²) in [6.45, 7) is 5.70. The van der Waals surface area contributed by atoms with E-state index in [1.165, 1.54) is 25.0 Å². The highest BCUT2D eigenvalue weighted by atomic mass is 19.1. The van der Waals surface area contributed by atoms with E-state index in [0.29, 0.717) is 40.5 Å². The van der Waals surface area contributed by atoms with Gasteiger partial charge in [-0.3, -0.25) is 20.0 Å². The number of likely N-dealkylation sites (tertiary alicyclic amines) is 1. The number of ether oxygens (including phenoxy) is 1. The van der Waals surface area contributed by atoms with E-state index in [-0.39, 0.29) is 5.82 Å². The van der Waals surface area contributed by atoms with Crippen molar-refractivity contribution in [1.29, 1.82) is 0 Å². The molecule has 1 fully saturated rings. The molecule has 6 aromatic rings. The summed E-state index contributed by atoms with van der Waals surface area (Å²) in [5.74, 6) is 0.991. The third-order valence-corrected chi connectivity index (χ3v) is 7.28. The van der Waals surface area contributed by atoms with Crippen molar-refractivity contribution in [3.8, 4) is 39.7 Å². The molecule has 1 aromatic carbocycles. The number of halogens is 1. The minimum atomic E-state index is -0.308. The van der Waals surface area contributed by atoms with Gasteiger partial charge in [0.25, 0.3) is 0 Å². The predicted molar refractivity (Wildman–Crippen MR) is 151 cm³/mol. The second-order valence-electron chi connectivity index (χ2n) is 10.2. The number of benzene rings is 1. The first kappa shape index (κ1) is 24.3. The van der Waals surface area contributed by atoms with Gasteiger partial charge in [0.15, 0.2) is 11.5 Å². The van der Waals surface area contributed by atoms with Crippen LogP contribution in [0.1, 0.15) is 18.4 Å². The van der Waals surface area contributed by atoms with Crippen LogP contribution in [0.4, 0.5) is 4.39 Å². The van der Waals surface area contributed by atoms with Crippen LogP contribution in [0.5, 0.6) is 5.75 Å². The van der Waals surface area contributed by atoms with E-state index in [9.17, 15) is 4.39 Å². The smallest absolute Gasteiger partial charge is 0.159 e. The number of imidazole rings is 1. The van der Waals surface area contributed by atoms with E-state index in [1.807, 2.05) is 31.2 Å². The molecule has 10 heteroatoms. The first-order valence-corrected chi connectivity index (χ1v) is 13.4. The van der Waals surface area contributed by atoms with Crippen LogP contribution in [0.2, 0.25) is 0 Å². The van der Waals surface area contributed by atoms with Crippen LogP contribution >= 0.6 is 0 Å². The van der Waals surface area contributed by atoms with E-state index in [4.69, 9.17) is 9.72 Å². The molecule has 0 spiro atoms. The number of hydrogen-bond acceptors (Lipinski definition) is 7. The first-order valence-electron chi connectivity index (χ1n) is 13.4. The summed E-state index contributed by atoms with van der Waals surface area (Å²) in [5, 5.41) is 8.33. The zero-order valence-electron chi connectivity index (χ0n) is 22.0. The number of aryl methyl sites for hydroxylation is 1. The van der Waals surface area contributed by atoms with Gasteiger partial charge in [0, 0.05) is 41.8 Å². The maximum Gasteiger partial charge on any atom is 0.159 e. The molecule has 2 N–H and O–H groups in total. The standard InChI is InChI=1S/C30H27FN8O/c1-18-10-19(12-22(31)11-18)26-28-25(4-5-33-26)35-30(36-28)27-24-14-21(16-34-29(24)38-37-27)20-13-23(17-32-15-20)40-9-8-39-6-2-3-7-39/h4-5,10-17H,2-3,6-9H2,1H3,(H,35,36)(H,34,37,38). The first-order chi connectivity index (χ1) is 19.6. The largest absolute Gasteiger partial charge is 0.491 e. The zero-order valence-corrected chi connectivity index (χ0v) is 22.0. The van der Waals surface area contributed by atoms with Gasteiger partial charge in [0.2, 0.25) is 0 Å². The maximum absolute atomic E-state index is 14.2. The van der Waals surface area contributed by atoms with Gasteiger partial charge >= 0.3 is 0 Å². The molecule has 40 heavy (non-hydrogen) atoms. The Kier molecular flexibility index (Phi) is 6.16. The van der Waals surface area contributed by atoms with Crippen LogP contribution in [-0.2, 0) is 0 Å². The Labute approximate surface area is 229 Å². The fourth-order valence-electron chi connectivity index (χ4n) is 5.33. The van der Waals surface area contributed by atoms with Crippen molar-refractivity contribution < 1.29 is 9.13 Å². The number of rotatable bonds is 7. The number of pyridine rings is 3. The number of nitrogens with one attached hydrogen (secondary N) is 2. The summed E-state index contributed by atoms with van der Waals surface area (Å²) in [6.07, 6.45) is 9.55. The van der Waals surface area contributed by atoms with Crippen LogP contribution in [0, 0.1) is 12.7 Å². The van der Waals surface area contributed by atoms with Crippen LogP contribution in [-0.4, -0.2) is 66.3 Å². The fourth-order valence-corrected chi connectivity index (χ4v) is 5.33. The lowest BCUT2D eigenvalue weighted by atomic mass is 10.1. The van der Waals surface area contributed by atoms with Gasteiger partial charge in [-0.2, -0.15) is 5.10 Å². The lowest BCUT2D eigenvalue weighted by Crippen LogP contribution is -2.25. The molecule has 9 nitrogen and oxygen atoms in total. The van der Waals surface area contributed by atoms with Gasteiger partial charge < -0.3 is 9.72 Å². The Morgan fingerprint density at radius 2 is 1.82 bits per heavy atom. The van der Waals surface area contributed by atoms with E-state index in [1.54, 1.807) is 24.8 Å². The molecule has 0 radical (unpaired) electrons. The van der Waals surface area contributed by atoms with Gasteiger partial charge in [-0.05, 0) is 74.8 Å². The van der Waals surface area contributed by atoms with Crippen molar-refractivity contribution in [2.24, 2.45) is 0 Å². The molecule has 0 amide bonds. The lowest BCUT2D eigenvalue weighted by Gasteiger charge is -2.15. The summed E-state index contributed by atoms with van der Waals surface area (Å²) in [6, 6.07) is 10.7. The normalized spacial score (nSPS) is 13.9. The zero-order chi connectivity index (χ0) is 27.1. The van der Waals surface area contributed by atoms with E-state index in [0.717, 1.165) is 53.0 Å². The molecular weight excluding hydrogens is 507 g/mol. The number of fused-ring (bicyclic) bond motifs is 2. The van der Waals surface area contributed by atoms with Crippen molar-refractivity contribution in [2.45, 2.75) is 19.8 Å². The quantitative estimate of drug-likeness (QED) is 0.277. The SMILES string of the molecule is Cc1cc(F)cc(-c2nccc3[nH]c(-c4n[nH]c5ncc(-c6cncc(OCCN7CCCC7)c6)cc45)nc23)c1. The summed E-state index contributed by atoms with van der Waals surface area (Å²) >= 11 is 0. The fraction of sp³-hybridized carbons (Fsp3) is 0.233. The third-order valence-electron chi connectivity index (χ3n) is 7.28. The van der Waals surface area contributed by atoms with Crippen molar-refractivity contribution in [3.63, 3.8) is 0 Å². The van der Waals surface area contributed by atoms with Crippen molar-refractivity contribution in [1.82, 2.24) is 40.0 Å². The molecule has 0 unspecified atom stereocenters. The summed E-state index contributed by atoms with van der Waals surface area (Å²) < 4.78 is 20.2. The van der Waals surface area contributed by atoms with E-state index in [2.05, 4.69) is 35.0 Å². The van der Waals surface area contributed by atoms with Gasteiger partial charge in [-0.15, -0.1) is 0 Å². The number of aromatic nitrogens is 7. The Bertz CT molecular complexity index is 1820. The summed E-state index contributed by atoms with van der Waals surface area (Å²) in [7, 11) is 0. The number of aromatic amines is 2. The summed E-state index contributed by atoms with van der Waals surface area (Å²) in [4.78, 5) is 24.1. The topological polar surface area (TPSA) is 108 Å². The molecule has 0 aliphatic carbocycles. The highest BCUT2D eigenvalue weighted by molar-refractivity contribution is 5.96. The molecule has 0 saturated carbocycles. The molecule has 1 aliphatic rings. The Balaban J connectivity index is 1.21. The van der Waals surface area contributed by atoms with Crippen molar-refractivity contribution in [2.75, 3.05) is 26.2 Å². The van der Waals surface area contributed by atoms with Gasteiger partial charge in [0.1, 0.15) is 29.4 Å². The molecule has 5 aromatic heterocycles. The Morgan fingerprint density at radius 1 is 0.950 bits per heavy atom. The molecule has 200 valence electrons.